The number of esters is 1. The van der Waals surface area contributed by atoms with Gasteiger partial charge in [-0.05, 0) is 16.6 Å². The minimum Gasteiger partial charge on any atom is -0.469 e. The zero-order chi connectivity index (χ0) is 17.5. The van der Waals surface area contributed by atoms with E-state index in [1.54, 1.807) is 0 Å². The summed E-state index contributed by atoms with van der Waals surface area (Å²) in [7, 11) is -0.733. The molecule has 0 aromatic heterocycles. The summed E-state index contributed by atoms with van der Waals surface area (Å²) in [5, 5.41) is 19.9. The Morgan fingerprint density at radius 1 is 0.955 bits per heavy atom. The fourth-order valence-corrected chi connectivity index (χ4v) is 8.96. The van der Waals surface area contributed by atoms with Crippen LogP contribution in [0.2, 0.25) is 16.6 Å². The molecule has 0 bridgehead atoms. The maximum absolute atomic E-state index is 11.1. The SMILES string of the molecule is COC(=O)C[C@@H](O)C[C@H](O)CO[Si](C(C)C)(C(C)C)C(C)C. The second kappa shape index (κ2) is 9.65. The molecule has 0 rings (SSSR count). The van der Waals surface area contributed by atoms with Gasteiger partial charge >= 0.3 is 5.97 Å². The maximum Gasteiger partial charge on any atom is 0.308 e. The summed E-state index contributed by atoms with van der Waals surface area (Å²) in [5.41, 5.74) is 1.33. The van der Waals surface area contributed by atoms with E-state index in [2.05, 4.69) is 46.3 Å². The Morgan fingerprint density at radius 3 is 1.77 bits per heavy atom. The zero-order valence-electron chi connectivity index (χ0n) is 15.1. The third-order valence-electron chi connectivity index (χ3n) is 4.41. The molecule has 0 fully saturated rings. The van der Waals surface area contributed by atoms with Crippen LogP contribution in [0.25, 0.3) is 0 Å². The number of carbonyl (C=O) groups is 1. The summed E-state index contributed by atoms with van der Waals surface area (Å²) < 4.78 is 10.8. The molecule has 0 spiro atoms. The lowest BCUT2D eigenvalue weighted by atomic mass is 10.1. The lowest BCUT2D eigenvalue weighted by Crippen LogP contribution is -2.49. The molecule has 0 aromatic carbocycles. The van der Waals surface area contributed by atoms with E-state index in [-0.39, 0.29) is 19.4 Å². The molecule has 5 nitrogen and oxygen atoms in total. The van der Waals surface area contributed by atoms with Crippen molar-refractivity contribution in [2.24, 2.45) is 0 Å². The van der Waals surface area contributed by atoms with Crippen molar-refractivity contribution >= 4 is 14.3 Å². The molecule has 0 amide bonds. The number of carbonyl (C=O) groups excluding carboxylic acids is 1. The van der Waals surface area contributed by atoms with Crippen LogP contribution in [0, 0.1) is 0 Å². The molecule has 0 heterocycles. The van der Waals surface area contributed by atoms with Crippen molar-refractivity contribution in [3.05, 3.63) is 0 Å². The molecule has 2 N–H and O–H groups in total. The summed E-state index contributed by atoms with van der Waals surface area (Å²) in [6.45, 7) is 13.3. The highest BCUT2D eigenvalue weighted by Gasteiger charge is 2.45. The quantitative estimate of drug-likeness (QED) is 0.474. The lowest BCUT2D eigenvalue weighted by molar-refractivity contribution is -0.143. The van der Waals surface area contributed by atoms with E-state index in [1.165, 1.54) is 7.11 Å². The number of methoxy groups -OCH3 is 1. The average Bonchev–Trinajstić information content (AvgIpc) is 2.37. The zero-order valence-corrected chi connectivity index (χ0v) is 16.1. The molecule has 0 unspecified atom stereocenters. The van der Waals surface area contributed by atoms with Crippen LogP contribution in [0.5, 0.6) is 0 Å². The number of rotatable bonds is 10. The van der Waals surface area contributed by atoms with Crippen molar-refractivity contribution in [1.82, 2.24) is 0 Å². The minimum absolute atomic E-state index is 0.103. The first kappa shape index (κ1) is 21.6. The van der Waals surface area contributed by atoms with Crippen LogP contribution in [0.3, 0.4) is 0 Å². The maximum atomic E-state index is 11.1. The first-order valence-electron chi connectivity index (χ1n) is 8.14. The molecule has 2 atom stereocenters. The highest BCUT2D eigenvalue weighted by atomic mass is 28.4. The van der Waals surface area contributed by atoms with Crippen molar-refractivity contribution in [3.63, 3.8) is 0 Å². The molecule has 0 saturated heterocycles. The lowest BCUT2D eigenvalue weighted by Gasteiger charge is -2.42. The van der Waals surface area contributed by atoms with Crippen LogP contribution < -0.4 is 0 Å². The third-order valence-corrected chi connectivity index (χ3v) is 10.5. The van der Waals surface area contributed by atoms with Gasteiger partial charge in [0.15, 0.2) is 8.32 Å². The van der Waals surface area contributed by atoms with Crippen molar-refractivity contribution in [2.45, 2.75) is 83.2 Å². The first-order valence-corrected chi connectivity index (χ1v) is 10.3. The van der Waals surface area contributed by atoms with Gasteiger partial charge in [-0.3, -0.25) is 4.79 Å². The van der Waals surface area contributed by atoms with E-state index < -0.39 is 26.5 Å². The Kier molecular flexibility index (Phi) is 9.46. The third kappa shape index (κ3) is 5.99. The number of hydrogen-bond acceptors (Lipinski definition) is 5. The van der Waals surface area contributed by atoms with Crippen LogP contribution in [-0.4, -0.2) is 50.4 Å². The minimum atomic E-state index is -2.01. The van der Waals surface area contributed by atoms with Crippen LogP contribution in [-0.2, 0) is 14.0 Å². The smallest absolute Gasteiger partial charge is 0.308 e. The van der Waals surface area contributed by atoms with Gasteiger partial charge in [-0.2, -0.15) is 0 Å². The molecule has 0 aliphatic rings. The van der Waals surface area contributed by atoms with Gasteiger partial charge in [-0.25, -0.2) is 0 Å². The Morgan fingerprint density at radius 2 is 1.41 bits per heavy atom. The van der Waals surface area contributed by atoms with Crippen molar-refractivity contribution in [3.8, 4) is 0 Å². The van der Waals surface area contributed by atoms with Gasteiger partial charge in [0, 0.05) is 6.42 Å². The van der Waals surface area contributed by atoms with E-state index in [0.717, 1.165) is 0 Å². The Hall–Kier alpha value is -0.433. The summed E-state index contributed by atoms with van der Waals surface area (Å²) in [4.78, 5) is 11.1. The fourth-order valence-electron chi connectivity index (χ4n) is 3.48. The van der Waals surface area contributed by atoms with E-state index >= 15 is 0 Å². The first-order chi connectivity index (χ1) is 10.1. The molecule has 0 saturated carbocycles. The van der Waals surface area contributed by atoms with Crippen molar-refractivity contribution in [1.29, 1.82) is 0 Å². The fraction of sp³-hybridized carbons (Fsp3) is 0.938. The molecule has 0 radical (unpaired) electrons. The number of ether oxygens (including phenoxy) is 1. The molecule has 132 valence electrons. The average molecular weight is 335 g/mol. The summed E-state index contributed by atoms with van der Waals surface area (Å²) in [6.07, 6.45) is -1.66. The predicted octanol–water partition coefficient (Wildman–Crippen LogP) is 2.85. The van der Waals surface area contributed by atoms with Crippen LogP contribution in [0.15, 0.2) is 0 Å². The van der Waals surface area contributed by atoms with Gasteiger partial charge in [0.05, 0.1) is 32.3 Å². The monoisotopic (exact) mass is 334 g/mol. The standard InChI is InChI=1S/C16H34O5Si/c1-11(2)22(12(3)4,13(5)6)21-10-15(18)8-14(17)9-16(19)20-7/h11-15,17-18H,8-10H2,1-7H3/t14-,15-/m0/s1. The van der Waals surface area contributed by atoms with Crippen LogP contribution in [0.4, 0.5) is 0 Å². The molecular formula is C16H34O5Si. The van der Waals surface area contributed by atoms with E-state index in [0.29, 0.717) is 16.6 Å². The topological polar surface area (TPSA) is 76.0 Å². The van der Waals surface area contributed by atoms with Crippen molar-refractivity contribution in [2.75, 3.05) is 13.7 Å². The molecule has 6 heteroatoms. The largest absolute Gasteiger partial charge is 0.469 e. The number of aliphatic hydroxyl groups is 2. The van der Waals surface area contributed by atoms with Gasteiger partial charge < -0.3 is 19.4 Å². The van der Waals surface area contributed by atoms with Crippen molar-refractivity contribution < 1.29 is 24.2 Å². The predicted molar refractivity (Wildman–Crippen MR) is 90.3 cm³/mol. The highest BCUT2D eigenvalue weighted by Crippen LogP contribution is 2.42. The van der Waals surface area contributed by atoms with Gasteiger partial charge in [0.25, 0.3) is 0 Å². The van der Waals surface area contributed by atoms with E-state index in [1.807, 2.05) is 0 Å². The molecule has 22 heavy (non-hydrogen) atoms. The number of aliphatic hydroxyl groups excluding tert-OH is 2. The molecule has 0 aromatic rings. The summed E-state index contributed by atoms with van der Waals surface area (Å²) >= 11 is 0. The Labute approximate surface area is 136 Å². The number of hydrogen-bond donors (Lipinski definition) is 2. The normalized spacial score (nSPS) is 15.5. The highest BCUT2D eigenvalue weighted by molar-refractivity contribution is 6.77. The molecule has 0 aliphatic carbocycles. The molecule has 0 aliphatic heterocycles. The molecular weight excluding hydrogens is 300 g/mol. The van der Waals surface area contributed by atoms with Gasteiger partial charge in [0.2, 0.25) is 0 Å². The summed E-state index contributed by atoms with van der Waals surface area (Å²) in [5.74, 6) is -0.476. The van der Waals surface area contributed by atoms with E-state index in [4.69, 9.17) is 4.43 Å². The second-order valence-corrected chi connectivity index (χ2v) is 12.4. The van der Waals surface area contributed by atoms with Crippen LogP contribution >= 0.6 is 0 Å². The Balaban J connectivity index is 4.63. The summed E-state index contributed by atoms with van der Waals surface area (Å²) in [6, 6.07) is 0. The second-order valence-electron chi connectivity index (χ2n) is 6.95. The van der Waals surface area contributed by atoms with Crippen LogP contribution in [0.1, 0.15) is 54.4 Å². The van der Waals surface area contributed by atoms with Gasteiger partial charge in [-0.15, -0.1) is 0 Å². The Bertz CT molecular complexity index is 309. The van der Waals surface area contributed by atoms with E-state index in [9.17, 15) is 15.0 Å². The van der Waals surface area contributed by atoms with Gasteiger partial charge in [0.1, 0.15) is 0 Å². The van der Waals surface area contributed by atoms with Gasteiger partial charge in [-0.1, -0.05) is 41.5 Å².